The molecule has 5 rings (SSSR count). The average Bonchev–Trinajstić information content (AvgIpc) is 3.30. The maximum atomic E-state index is 13.9. The minimum Gasteiger partial charge on any atom is -0.493 e. The van der Waals surface area contributed by atoms with E-state index in [1.165, 1.54) is 18.6 Å². The largest absolute Gasteiger partial charge is 0.493 e. The van der Waals surface area contributed by atoms with Crippen LogP contribution in [0.5, 0.6) is 11.5 Å². The first kappa shape index (κ1) is 22.8. The minimum absolute atomic E-state index is 0.189. The number of rotatable bonds is 4. The molecule has 9 heteroatoms. The summed E-state index contributed by atoms with van der Waals surface area (Å²) >= 11 is 1.16. The second-order valence-corrected chi connectivity index (χ2v) is 9.31. The van der Waals surface area contributed by atoms with Crippen LogP contribution < -0.4 is 29.3 Å². The number of fused-ring (bicyclic) bond motifs is 2. The summed E-state index contributed by atoms with van der Waals surface area (Å²) in [6, 6.07) is 12.0. The number of hydrogen-bond acceptors (Lipinski definition) is 7. The Labute approximate surface area is 205 Å². The van der Waals surface area contributed by atoms with Crippen molar-refractivity contribution in [3.05, 3.63) is 84.5 Å². The molecule has 2 aliphatic heterocycles. The lowest BCUT2D eigenvalue weighted by atomic mass is 9.93. The van der Waals surface area contributed by atoms with Gasteiger partial charge in [-0.2, -0.15) is 0 Å². The van der Waals surface area contributed by atoms with Crippen molar-refractivity contribution < 1.29 is 19.1 Å². The van der Waals surface area contributed by atoms with E-state index >= 15 is 0 Å². The second-order valence-electron chi connectivity index (χ2n) is 8.33. The fourth-order valence-electron chi connectivity index (χ4n) is 4.75. The smallest absolute Gasteiger partial charge is 0.271 e. The maximum absolute atomic E-state index is 13.9. The SMILES string of the molecule is COc1ccc(C2C(C(C)=O)=C(C)N=c3sc(=C4C(=O)N(C)c5ccccc54)c(=O)n32)cc1OC. The van der Waals surface area contributed by atoms with Crippen LogP contribution >= 0.6 is 11.3 Å². The van der Waals surface area contributed by atoms with Gasteiger partial charge >= 0.3 is 0 Å². The maximum Gasteiger partial charge on any atom is 0.271 e. The number of thiazole rings is 1. The molecule has 8 nitrogen and oxygen atoms in total. The van der Waals surface area contributed by atoms with Crippen LogP contribution in [0, 0.1) is 0 Å². The molecule has 178 valence electrons. The summed E-state index contributed by atoms with van der Waals surface area (Å²) in [4.78, 5) is 46.5. The Morgan fingerprint density at radius 1 is 1.06 bits per heavy atom. The molecule has 3 aromatic rings. The molecule has 0 saturated heterocycles. The molecule has 1 aromatic heterocycles. The number of anilines is 1. The van der Waals surface area contributed by atoms with Crippen LogP contribution in [-0.2, 0) is 9.59 Å². The molecule has 2 aromatic carbocycles. The van der Waals surface area contributed by atoms with E-state index in [1.54, 1.807) is 44.2 Å². The van der Waals surface area contributed by atoms with Gasteiger partial charge < -0.3 is 14.4 Å². The van der Waals surface area contributed by atoms with Crippen molar-refractivity contribution in [3.8, 4) is 11.5 Å². The summed E-state index contributed by atoms with van der Waals surface area (Å²) in [5, 5.41) is 0. The van der Waals surface area contributed by atoms with E-state index in [0.717, 1.165) is 17.0 Å². The third kappa shape index (κ3) is 3.34. The van der Waals surface area contributed by atoms with E-state index in [-0.39, 0.29) is 17.2 Å². The molecule has 0 aliphatic carbocycles. The summed E-state index contributed by atoms with van der Waals surface area (Å²) in [5.74, 6) is 0.578. The molecule has 35 heavy (non-hydrogen) atoms. The Morgan fingerprint density at radius 3 is 2.46 bits per heavy atom. The van der Waals surface area contributed by atoms with Gasteiger partial charge in [0, 0.05) is 23.9 Å². The van der Waals surface area contributed by atoms with Crippen molar-refractivity contribution in [2.45, 2.75) is 19.9 Å². The zero-order valence-corrected chi connectivity index (χ0v) is 20.7. The van der Waals surface area contributed by atoms with Crippen molar-refractivity contribution in [1.82, 2.24) is 4.57 Å². The van der Waals surface area contributed by atoms with Gasteiger partial charge in [0.1, 0.15) is 4.53 Å². The molecule has 1 atom stereocenters. The van der Waals surface area contributed by atoms with Crippen LogP contribution in [-0.4, -0.2) is 37.5 Å². The van der Waals surface area contributed by atoms with Crippen molar-refractivity contribution in [3.63, 3.8) is 0 Å². The van der Waals surface area contributed by atoms with E-state index in [2.05, 4.69) is 4.99 Å². The van der Waals surface area contributed by atoms with Gasteiger partial charge in [-0.3, -0.25) is 19.0 Å². The molecule has 2 aliphatic rings. The fourth-order valence-corrected chi connectivity index (χ4v) is 5.89. The monoisotopic (exact) mass is 489 g/mol. The Morgan fingerprint density at radius 2 is 1.77 bits per heavy atom. The Kier molecular flexibility index (Phi) is 5.44. The van der Waals surface area contributed by atoms with Gasteiger partial charge in [-0.1, -0.05) is 35.6 Å². The number of nitrogens with zero attached hydrogens (tertiary/aromatic N) is 3. The van der Waals surface area contributed by atoms with Crippen molar-refractivity contribution in [2.75, 3.05) is 26.2 Å². The van der Waals surface area contributed by atoms with Crippen LogP contribution in [0.25, 0.3) is 5.57 Å². The molecule has 1 unspecified atom stereocenters. The second kappa shape index (κ2) is 8.35. The molecule has 1 amide bonds. The van der Waals surface area contributed by atoms with Gasteiger partial charge in [0.2, 0.25) is 0 Å². The van der Waals surface area contributed by atoms with Crippen LogP contribution in [0.3, 0.4) is 0 Å². The number of benzene rings is 2. The number of carbonyl (C=O) groups excluding carboxylic acids is 2. The number of ether oxygens (including phenoxy) is 2. The standard InChI is InChI=1S/C26H23N3O5S/c1-13-20(14(2)30)22(15-10-11-18(33-4)19(12-15)34-5)29-25(32)23(35-26(29)27-13)21-16-8-6-7-9-17(16)28(3)24(21)31/h6-12,22H,1-5H3. The molecule has 0 fully saturated rings. The molecule has 0 saturated carbocycles. The Bertz CT molecular complexity index is 1630. The molecular formula is C26H23N3O5S. The summed E-state index contributed by atoms with van der Waals surface area (Å²) in [6.45, 7) is 3.22. The van der Waals surface area contributed by atoms with Crippen LogP contribution in [0.1, 0.15) is 31.0 Å². The number of likely N-dealkylation sites (N-methyl/N-ethyl adjacent to an activating group) is 1. The number of Topliss-reactive ketones (excluding diaryl/α,β-unsaturated/α-hetero) is 1. The highest BCUT2D eigenvalue weighted by atomic mass is 32.1. The molecular weight excluding hydrogens is 466 g/mol. The number of carbonyl (C=O) groups is 2. The van der Waals surface area contributed by atoms with Crippen LogP contribution in [0.4, 0.5) is 5.69 Å². The summed E-state index contributed by atoms with van der Waals surface area (Å²) < 4.78 is 12.6. The number of ketones is 1. The van der Waals surface area contributed by atoms with Gasteiger partial charge in [-0.05, 0) is 37.6 Å². The van der Waals surface area contributed by atoms with E-state index < -0.39 is 6.04 Å². The summed E-state index contributed by atoms with van der Waals surface area (Å²) in [5.41, 5.74) is 3.05. The van der Waals surface area contributed by atoms with Gasteiger partial charge in [-0.25, -0.2) is 4.99 Å². The number of para-hydroxylation sites is 1. The quantitative estimate of drug-likeness (QED) is 0.561. The minimum atomic E-state index is -0.720. The van der Waals surface area contributed by atoms with Crippen LogP contribution in [0.2, 0.25) is 0 Å². The van der Waals surface area contributed by atoms with Gasteiger partial charge in [0.25, 0.3) is 11.5 Å². The van der Waals surface area contributed by atoms with Crippen molar-refractivity contribution in [2.24, 2.45) is 4.99 Å². The molecule has 0 bridgehead atoms. The van der Waals surface area contributed by atoms with Gasteiger partial charge in [-0.15, -0.1) is 0 Å². The third-order valence-electron chi connectivity index (χ3n) is 6.38. The lowest BCUT2D eigenvalue weighted by Crippen LogP contribution is -2.40. The number of allylic oxidation sites excluding steroid dienone is 2. The van der Waals surface area contributed by atoms with E-state index in [0.29, 0.717) is 48.8 Å². The summed E-state index contributed by atoms with van der Waals surface area (Å²) in [7, 11) is 4.76. The first-order valence-corrected chi connectivity index (χ1v) is 11.8. The summed E-state index contributed by atoms with van der Waals surface area (Å²) in [6.07, 6.45) is 0. The topological polar surface area (TPSA) is 90.2 Å². The number of aromatic nitrogens is 1. The highest BCUT2D eigenvalue weighted by Crippen LogP contribution is 2.37. The highest BCUT2D eigenvalue weighted by Gasteiger charge is 2.35. The molecule has 0 radical (unpaired) electrons. The molecule has 3 heterocycles. The van der Waals surface area contributed by atoms with Gasteiger partial charge in [0.05, 0.1) is 31.5 Å². The van der Waals surface area contributed by atoms with E-state index in [1.807, 2.05) is 24.3 Å². The number of methoxy groups -OCH3 is 2. The first-order chi connectivity index (χ1) is 16.8. The Hall–Kier alpha value is -3.98. The van der Waals surface area contributed by atoms with Gasteiger partial charge in [0.15, 0.2) is 22.1 Å². The number of hydrogen-bond donors (Lipinski definition) is 0. The zero-order valence-electron chi connectivity index (χ0n) is 19.9. The van der Waals surface area contributed by atoms with E-state index in [4.69, 9.17) is 9.47 Å². The van der Waals surface area contributed by atoms with Crippen LogP contribution in [0.15, 0.2) is 63.5 Å². The predicted molar refractivity (Wildman–Crippen MR) is 133 cm³/mol. The molecule has 0 spiro atoms. The zero-order chi connectivity index (χ0) is 25.0. The lowest BCUT2D eigenvalue weighted by Gasteiger charge is -2.25. The third-order valence-corrected chi connectivity index (χ3v) is 7.43. The lowest BCUT2D eigenvalue weighted by molar-refractivity contribution is -0.114. The van der Waals surface area contributed by atoms with Crippen molar-refractivity contribution >= 4 is 34.3 Å². The fraction of sp³-hybridized carbons (Fsp3) is 0.231. The first-order valence-electron chi connectivity index (χ1n) is 10.9. The Balaban J connectivity index is 1.84. The molecule has 0 N–H and O–H groups in total. The predicted octanol–water partition coefficient (Wildman–Crippen LogP) is 2.19. The van der Waals surface area contributed by atoms with E-state index in [9.17, 15) is 14.4 Å². The van der Waals surface area contributed by atoms with Crippen molar-refractivity contribution in [1.29, 1.82) is 0 Å². The number of amides is 1. The normalized spacial score (nSPS) is 18.3. The average molecular weight is 490 g/mol. The highest BCUT2D eigenvalue weighted by molar-refractivity contribution is 7.07.